The van der Waals surface area contributed by atoms with Crippen LogP contribution in [0.1, 0.15) is 48.5 Å². The Kier molecular flexibility index (Phi) is 5.92. The van der Waals surface area contributed by atoms with Gasteiger partial charge >= 0.3 is 0 Å². The molecular formula is C20H26N4O2. The highest BCUT2D eigenvalue weighted by Gasteiger charge is 2.24. The highest BCUT2D eigenvalue weighted by atomic mass is 16.5. The fraction of sp³-hybridized carbons (Fsp3) is 0.500. The molecule has 26 heavy (non-hydrogen) atoms. The van der Waals surface area contributed by atoms with Crippen LogP contribution in [0.25, 0.3) is 0 Å². The van der Waals surface area contributed by atoms with Gasteiger partial charge in [0.2, 0.25) is 17.5 Å². The maximum atomic E-state index is 9.34. The number of aromatic nitrogens is 1. The first kappa shape index (κ1) is 18.4. The molecule has 6 heteroatoms. The third kappa shape index (κ3) is 4.24. The molecule has 3 rings (SSSR count). The third-order valence-corrected chi connectivity index (χ3v) is 4.65. The first-order valence-corrected chi connectivity index (χ1v) is 9.11. The summed E-state index contributed by atoms with van der Waals surface area (Å²) in [4.78, 5) is 6.69. The molecule has 2 heterocycles. The van der Waals surface area contributed by atoms with E-state index in [2.05, 4.69) is 52.5 Å². The van der Waals surface area contributed by atoms with Gasteiger partial charge in [0.1, 0.15) is 6.07 Å². The van der Waals surface area contributed by atoms with E-state index < -0.39 is 0 Å². The van der Waals surface area contributed by atoms with Crippen LogP contribution >= 0.6 is 0 Å². The molecule has 138 valence electrons. The number of aryl methyl sites for hydroxylation is 1. The molecule has 0 bridgehead atoms. The summed E-state index contributed by atoms with van der Waals surface area (Å²) in [6, 6.07) is 10.9. The van der Waals surface area contributed by atoms with Crippen molar-refractivity contribution in [1.29, 1.82) is 5.26 Å². The van der Waals surface area contributed by atoms with Gasteiger partial charge in [0.15, 0.2) is 0 Å². The summed E-state index contributed by atoms with van der Waals surface area (Å²) in [5.41, 5.74) is 2.80. The molecule has 0 amide bonds. The molecule has 1 aliphatic rings. The molecule has 0 spiro atoms. The van der Waals surface area contributed by atoms with E-state index in [1.807, 2.05) is 13.8 Å². The Balaban J connectivity index is 1.79. The van der Waals surface area contributed by atoms with Crippen molar-refractivity contribution in [2.24, 2.45) is 0 Å². The zero-order valence-electron chi connectivity index (χ0n) is 15.7. The van der Waals surface area contributed by atoms with Crippen molar-refractivity contribution in [2.75, 3.05) is 38.2 Å². The molecule has 1 saturated heterocycles. The number of ether oxygens (including phenoxy) is 1. The van der Waals surface area contributed by atoms with E-state index in [4.69, 9.17) is 9.15 Å². The first-order valence-electron chi connectivity index (χ1n) is 9.11. The van der Waals surface area contributed by atoms with Gasteiger partial charge < -0.3 is 14.5 Å². The Bertz CT molecular complexity index is 755. The predicted molar refractivity (Wildman–Crippen MR) is 100 cm³/mol. The van der Waals surface area contributed by atoms with Crippen molar-refractivity contribution in [3.8, 4) is 6.07 Å². The van der Waals surface area contributed by atoms with Gasteiger partial charge in [-0.05, 0) is 12.5 Å². The van der Waals surface area contributed by atoms with Gasteiger partial charge in [0.25, 0.3) is 0 Å². The van der Waals surface area contributed by atoms with Crippen LogP contribution in [0.4, 0.5) is 5.88 Å². The molecule has 0 radical (unpaired) electrons. The smallest absolute Gasteiger partial charge is 0.232 e. The minimum absolute atomic E-state index is 0.143. The summed E-state index contributed by atoms with van der Waals surface area (Å²) in [5.74, 6) is 1.19. The van der Waals surface area contributed by atoms with Gasteiger partial charge in [-0.1, -0.05) is 43.7 Å². The topological polar surface area (TPSA) is 74.3 Å². The Labute approximate surface area is 154 Å². The van der Waals surface area contributed by atoms with Crippen LogP contribution in [0, 0.1) is 18.3 Å². The Hall–Kier alpha value is -2.36. The number of morpholine rings is 1. The Morgan fingerprint density at radius 3 is 2.54 bits per heavy atom. The largest absolute Gasteiger partial charge is 0.424 e. The fourth-order valence-electron chi connectivity index (χ4n) is 3.10. The van der Waals surface area contributed by atoms with Crippen molar-refractivity contribution in [1.82, 2.24) is 9.88 Å². The van der Waals surface area contributed by atoms with E-state index in [-0.39, 0.29) is 12.0 Å². The molecule has 1 aliphatic heterocycles. The fourth-order valence-corrected chi connectivity index (χ4v) is 3.10. The zero-order chi connectivity index (χ0) is 18.5. The Morgan fingerprint density at radius 2 is 1.92 bits per heavy atom. The molecule has 1 atom stereocenters. The monoisotopic (exact) mass is 354 g/mol. The highest BCUT2D eigenvalue weighted by Crippen LogP contribution is 2.26. The van der Waals surface area contributed by atoms with Crippen molar-refractivity contribution in [3.05, 3.63) is 47.0 Å². The van der Waals surface area contributed by atoms with Gasteiger partial charge in [-0.15, -0.1) is 0 Å². The highest BCUT2D eigenvalue weighted by molar-refractivity contribution is 5.46. The van der Waals surface area contributed by atoms with Crippen LogP contribution in [-0.4, -0.2) is 42.7 Å². The number of nitriles is 1. The lowest BCUT2D eigenvalue weighted by Crippen LogP contribution is -2.41. The van der Waals surface area contributed by atoms with Crippen LogP contribution in [-0.2, 0) is 4.74 Å². The summed E-state index contributed by atoms with van der Waals surface area (Å²) < 4.78 is 11.3. The minimum atomic E-state index is 0.143. The second kappa shape index (κ2) is 8.35. The minimum Gasteiger partial charge on any atom is -0.424 e. The number of oxazole rings is 1. The molecule has 1 fully saturated rings. The van der Waals surface area contributed by atoms with Crippen LogP contribution in [0.3, 0.4) is 0 Å². The normalized spacial score (nSPS) is 16.4. The first-order chi connectivity index (χ1) is 12.6. The van der Waals surface area contributed by atoms with Crippen LogP contribution in [0.5, 0.6) is 0 Å². The average Bonchev–Trinajstić information content (AvgIpc) is 3.08. The summed E-state index contributed by atoms with van der Waals surface area (Å²) >= 11 is 0. The van der Waals surface area contributed by atoms with Gasteiger partial charge in [-0.3, -0.25) is 4.90 Å². The Morgan fingerprint density at radius 1 is 1.23 bits per heavy atom. The number of nitrogens with zero attached hydrogens (tertiary/aromatic N) is 3. The summed E-state index contributed by atoms with van der Waals surface area (Å²) in [7, 11) is 0. The van der Waals surface area contributed by atoms with Gasteiger partial charge in [-0.2, -0.15) is 5.26 Å². The predicted octanol–water partition coefficient (Wildman–Crippen LogP) is 3.46. The van der Waals surface area contributed by atoms with E-state index in [1.165, 1.54) is 11.1 Å². The van der Waals surface area contributed by atoms with E-state index in [0.717, 1.165) is 26.3 Å². The molecular weight excluding hydrogens is 328 g/mol. The average molecular weight is 354 g/mol. The molecule has 0 aliphatic carbocycles. The zero-order valence-corrected chi connectivity index (χ0v) is 15.7. The van der Waals surface area contributed by atoms with E-state index >= 15 is 0 Å². The quantitative estimate of drug-likeness (QED) is 0.856. The van der Waals surface area contributed by atoms with E-state index in [0.29, 0.717) is 24.0 Å². The summed E-state index contributed by atoms with van der Waals surface area (Å²) in [5, 5.41) is 12.7. The van der Waals surface area contributed by atoms with Crippen molar-refractivity contribution < 1.29 is 9.15 Å². The lowest BCUT2D eigenvalue weighted by Gasteiger charge is -2.35. The van der Waals surface area contributed by atoms with E-state index in [1.54, 1.807) is 0 Å². The van der Waals surface area contributed by atoms with Crippen LogP contribution < -0.4 is 5.32 Å². The van der Waals surface area contributed by atoms with Crippen molar-refractivity contribution in [3.63, 3.8) is 0 Å². The van der Waals surface area contributed by atoms with Crippen LogP contribution in [0.2, 0.25) is 0 Å². The standard InChI is InChI=1S/C20H26N4O2/c1-14(2)19-23-17(12-21)20(26-19)22-13-18(24-8-10-25-11-9-24)16-6-4-15(3)5-7-16/h4-7,14,18,22H,8-11,13H2,1-3H3/t18-/m0/s1. The second-order valence-electron chi connectivity index (χ2n) is 6.95. The van der Waals surface area contributed by atoms with Gasteiger partial charge in [0, 0.05) is 25.6 Å². The maximum Gasteiger partial charge on any atom is 0.232 e. The number of hydrogen-bond donors (Lipinski definition) is 1. The SMILES string of the molecule is Cc1ccc([C@H](CNc2oc(C(C)C)nc2C#N)N2CCOCC2)cc1. The lowest BCUT2D eigenvalue weighted by molar-refractivity contribution is 0.0186. The van der Waals surface area contributed by atoms with E-state index in [9.17, 15) is 5.26 Å². The molecule has 2 aromatic rings. The molecule has 1 N–H and O–H groups in total. The second-order valence-corrected chi connectivity index (χ2v) is 6.95. The lowest BCUT2D eigenvalue weighted by atomic mass is 10.0. The van der Waals surface area contributed by atoms with Gasteiger partial charge in [0.05, 0.1) is 19.3 Å². The molecule has 6 nitrogen and oxygen atoms in total. The third-order valence-electron chi connectivity index (χ3n) is 4.65. The number of anilines is 1. The number of rotatable bonds is 6. The molecule has 1 aromatic carbocycles. The number of hydrogen-bond acceptors (Lipinski definition) is 6. The number of benzene rings is 1. The molecule has 1 aromatic heterocycles. The molecule has 0 saturated carbocycles. The summed E-state index contributed by atoms with van der Waals surface area (Å²) in [6.45, 7) is 9.99. The maximum absolute atomic E-state index is 9.34. The summed E-state index contributed by atoms with van der Waals surface area (Å²) in [6.07, 6.45) is 0. The van der Waals surface area contributed by atoms with Gasteiger partial charge in [-0.25, -0.2) is 4.98 Å². The van der Waals surface area contributed by atoms with Crippen molar-refractivity contribution >= 4 is 5.88 Å². The number of nitrogens with one attached hydrogen (secondary N) is 1. The van der Waals surface area contributed by atoms with Crippen LogP contribution in [0.15, 0.2) is 28.7 Å². The van der Waals surface area contributed by atoms with Crippen molar-refractivity contribution in [2.45, 2.75) is 32.7 Å². The molecule has 0 unspecified atom stereocenters.